The van der Waals surface area contributed by atoms with Crippen LogP contribution >= 0.6 is 0 Å². The number of carbonyl (C=O) groups is 1. The van der Waals surface area contributed by atoms with Crippen molar-refractivity contribution in [3.8, 4) is 17.1 Å². The van der Waals surface area contributed by atoms with E-state index >= 15 is 0 Å². The number of hydrogen-bond donors (Lipinski definition) is 3. The fraction of sp³-hybridized carbons (Fsp3) is 0.318. The van der Waals surface area contributed by atoms with E-state index in [9.17, 15) is 18.3 Å². The minimum Gasteiger partial charge on any atom is -0.507 e. The molecule has 184 valence electrons. The number of alkyl halides is 3. The van der Waals surface area contributed by atoms with Gasteiger partial charge in [-0.1, -0.05) is 0 Å². The van der Waals surface area contributed by atoms with E-state index < -0.39 is 12.1 Å². The summed E-state index contributed by atoms with van der Waals surface area (Å²) in [6.45, 7) is 3.62. The van der Waals surface area contributed by atoms with Crippen LogP contribution in [-0.2, 0) is 11.8 Å². The molecule has 1 aromatic carbocycles. The second-order valence-corrected chi connectivity index (χ2v) is 8.24. The number of benzene rings is 1. The van der Waals surface area contributed by atoms with Crippen molar-refractivity contribution in [2.75, 3.05) is 18.0 Å². The Morgan fingerprint density at radius 2 is 1.91 bits per heavy atom. The Morgan fingerprint density at radius 3 is 2.54 bits per heavy atom. The van der Waals surface area contributed by atoms with Gasteiger partial charge in [0.15, 0.2) is 11.5 Å². The standard InChI is InChI=1S/C20H21N7O.C2HF3O2/c1-11-17-13(9-26(2)25-17)6-16(18(11)28)20-22-7-12-5-15(8-23-19(12)24-20)27-4-3-14(21)10-27;3-2(4,5)1(6)7/h5-9,14,28H,3-4,10,21H2,1-2H3;(H,6,7)/t14-;/m1./s1. The molecule has 1 saturated heterocycles. The number of aliphatic carboxylic acids is 1. The summed E-state index contributed by atoms with van der Waals surface area (Å²) in [4.78, 5) is 24.7. The fourth-order valence-electron chi connectivity index (χ4n) is 3.85. The second-order valence-electron chi connectivity index (χ2n) is 8.24. The summed E-state index contributed by atoms with van der Waals surface area (Å²) in [7, 11) is 1.86. The molecule has 0 saturated carbocycles. The number of anilines is 1. The highest BCUT2D eigenvalue weighted by Crippen LogP contribution is 2.35. The Kier molecular flexibility index (Phi) is 6.19. The first kappa shape index (κ1) is 24.1. The third kappa shape index (κ3) is 4.94. The summed E-state index contributed by atoms with van der Waals surface area (Å²) < 4.78 is 33.5. The van der Waals surface area contributed by atoms with Crippen LogP contribution < -0.4 is 10.6 Å². The highest BCUT2D eigenvalue weighted by Gasteiger charge is 2.38. The molecule has 0 bridgehead atoms. The molecule has 0 radical (unpaired) electrons. The monoisotopic (exact) mass is 489 g/mol. The summed E-state index contributed by atoms with van der Waals surface area (Å²) in [5.41, 5.74) is 9.71. The van der Waals surface area contributed by atoms with Crippen molar-refractivity contribution in [1.82, 2.24) is 24.7 Å². The number of nitrogens with two attached hydrogens (primary N) is 1. The van der Waals surface area contributed by atoms with Crippen LogP contribution in [0.2, 0.25) is 0 Å². The van der Waals surface area contributed by atoms with Crippen LogP contribution in [0.5, 0.6) is 5.75 Å². The Hall–Kier alpha value is -4.00. The van der Waals surface area contributed by atoms with Gasteiger partial charge in [-0.2, -0.15) is 18.3 Å². The minimum atomic E-state index is -5.08. The van der Waals surface area contributed by atoms with Gasteiger partial charge in [-0.3, -0.25) is 4.68 Å². The molecule has 35 heavy (non-hydrogen) atoms. The largest absolute Gasteiger partial charge is 0.507 e. The molecule has 0 spiro atoms. The van der Waals surface area contributed by atoms with E-state index in [2.05, 4.69) is 25.0 Å². The molecule has 1 atom stereocenters. The predicted octanol–water partition coefficient (Wildman–Crippen LogP) is 2.76. The van der Waals surface area contributed by atoms with Crippen molar-refractivity contribution in [2.45, 2.75) is 25.6 Å². The van der Waals surface area contributed by atoms with Gasteiger partial charge in [0, 0.05) is 54.9 Å². The van der Waals surface area contributed by atoms with Crippen LogP contribution in [0.25, 0.3) is 33.3 Å². The third-order valence-corrected chi connectivity index (χ3v) is 5.61. The van der Waals surface area contributed by atoms with Gasteiger partial charge >= 0.3 is 12.1 Å². The number of pyridine rings is 1. The zero-order chi connectivity index (χ0) is 25.5. The molecule has 1 aliphatic heterocycles. The highest BCUT2D eigenvalue weighted by atomic mass is 19.4. The normalized spacial score (nSPS) is 15.9. The van der Waals surface area contributed by atoms with Gasteiger partial charge in [-0.15, -0.1) is 0 Å². The van der Waals surface area contributed by atoms with Crippen LogP contribution in [0, 0.1) is 6.92 Å². The number of hydrogen-bond acceptors (Lipinski definition) is 8. The average Bonchev–Trinajstić information content (AvgIpc) is 3.40. The van der Waals surface area contributed by atoms with Gasteiger partial charge in [-0.25, -0.2) is 19.7 Å². The molecule has 4 heterocycles. The van der Waals surface area contributed by atoms with Gasteiger partial charge in [-0.05, 0) is 25.5 Å². The maximum atomic E-state index is 10.7. The zero-order valence-corrected chi connectivity index (χ0v) is 18.8. The molecular formula is C22H22F3N7O3. The molecule has 10 nitrogen and oxygen atoms in total. The number of aryl methyl sites for hydroxylation is 2. The predicted molar refractivity (Wildman–Crippen MR) is 122 cm³/mol. The SMILES string of the molecule is Cc1c(O)c(-c2ncc3cc(N4CC[C@@H](N)C4)cnc3n2)cc2cn(C)nc12.O=C(O)C(F)(F)F. The quantitative estimate of drug-likeness (QED) is 0.387. The summed E-state index contributed by atoms with van der Waals surface area (Å²) >= 11 is 0. The molecule has 0 unspecified atom stereocenters. The number of rotatable bonds is 2. The molecule has 4 aromatic rings. The van der Waals surface area contributed by atoms with Crippen molar-refractivity contribution >= 4 is 33.6 Å². The third-order valence-electron chi connectivity index (χ3n) is 5.61. The maximum absolute atomic E-state index is 10.7. The van der Waals surface area contributed by atoms with E-state index in [0.717, 1.165) is 41.5 Å². The molecule has 0 aliphatic carbocycles. The van der Waals surface area contributed by atoms with Crippen LogP contribution in [0.3, 0.4) is 0 Å². The summed E-state index contributed by atoms with van der Waals surface area (Å²) in [5.74, 6) is -2.16. The van der Waals surface area contributed by atoms with E-state index in [1.165, 1.54) is 0 Å². The number of aromatic nitrogens is 5. The molecule has 3 aromatic heterocycles. The number of phenols is 1. The molecule has 0 amide bonds. The number of phenolic OH excluding ortho intramolecular Hbond substituents is 1. The van der Waals surface area contributed by atoms with Crippen LogP contribution in [0.4, 0.5) is 18.9 Å². The van der Waals surface area contributed by atoms with Gasteiger partial charge < -0.3 is 20.8 Å². The first-order valence-electron chi connectivity index (χ1n) is 10.5. The smallest absolute Gasteiger partial charge is 0.490 e. The first-order valence-corrected chi connectivity index (χ1v) is 10.5. The van der Waals surface area contributed by atoms with Crippen molar-refractivity contribution in [3.63, 3.8) is 0 Å². The lowest BCUT2D eigenvalue weighted by Crippen LogP contribution is -2.26. The van der Waals surface area contributed by atoms with E-state index in [1.54, 1.807) is 10.9 Å². The lowest BCUT2D eigenvalue weighted by molar-refractivity contribution is -0.192. The Labute approximate surface area is 196 Å². The van der Waals surface area contributed by atoms with Gasteiger partial charge in [0.2, 0.25) is 0 Å². The number of nitrogens with zero attached hydrogens (tertiary/aromatic N) is 6. The second kappa shape index (κ2) is 8.98. The number of fused-ring (bicyclic) bond motifs is 2. The first-order chi connectivity index (χ1) is 16.4. The summed E-state index contributed by atoms with van der Waals surface area (Å²) in [6.07, 6.45) is 1.40. The Bertz CT molecular complexity index is 1420. The molecule has 13 heteroatoms. The van der Waals surface area contributed by atoms with Crippen molar-refractivity contribution in [3.05, 3.63) is 36.3 Å². The van der Waals surface area contributed by atoms with Gasteiger partial charge in [0.25, 0.3) is 0 Å². The molecule has 4 N–H and O–H groups in total. The Balaban J connectivity index is 0.000000364. The Morgan fingerprint density at radius 1 is 1.20 bits per heavy atom. The van der Waals surface area contributed by atoms with E-state index in [-0.39, 0.29) is 11.8 Å². The highest BCUT2D eigenvalue weighted by molar-refractivity contribution is 5.90. The molecule has 1 fully saturated rings. The van der Waals surface area contributed by atoms with Crippen molar-refractivity contribution < 1.29 is 28.2 Å². The molecule has 1 aliphatic rings. The number of carboxylic acids is 1. The maximum Gasteiger partial charge on any atom is 0.490 e. The zero-order valence-electron chi connectivity index (χ0n) is 18.8. The van der Waals surface area contributed by atoms with Crippen LogP contribution in [0.1, 0.15) is 12.0 Å². The summed E-state index contributed by atoms with van der Waals surface area (Å²) in [6, 6.07) is 4.12. The average molecular weight is 489 g/mol. The van der Waals surface area contributed by atoms with Crippen molar-refractivity contribution in [2.24, 2.45) is 12.8 Å². The van der Waals surface area contributed by atoms with Gasteiger partial charge in [0.1, 0.15) is 5.75 Å². The molecule has 5 rings (SSSR count). The number of aromatic hydroxyl groups is 1. The number of halogens is 3. The van der Waals surface area contributed by atoms with Gasteiger partial charge in [0.05, 0.1) is 23.0 Å². The topological polar surface area (TPSA) is 143 Å². The van der Waals surface area contributed by atoms with E-state index in [0.29, 0.717) is 22.6 Å². The molecular weight excluding hydrogens is 467 g/mol. The van der Waals surface area contributed by atoms with Crippen molar-refractivity contribution in [1.29, 1.82) is 0 Å². The van der Waals surface area contributed by atoms with Crippen LogP contribution in [0.15, 0.2) is 30.7 Å². The lowest BCUT2D eigenvalue weighted by atomic mass is 10.1. The minimum absolute atomic E-state index is 0.147. The van der Waals surface area contributed by atoms with Crippen LogP contribution in [-0.4, -0.2) is 66.2 Å². The van der Waals surface area contributed by atoms with E-state index in [4.69, 9.17) is 15.6 Å². The summed E-state index contributed by atoms with van der Waals surface area (Å²) in [5, 5.41) is 24.0. The van der Waals surface area contributed by atoms with E-state index in [1.807, 2.05) is 38.5 Å². The lowest BCUT2D eigenvalue weighted by Gasteiger charge is -2.17. The number of carboxylic acid groups (broad SMARTS) is 1. The fourth-order valence-corrected chi connectivity index (χ4v) is 3.85.